The van der Waals surface area contributed by atoms with Crippen LogP contribution in [0.1, 0.15) is 0 Å². The van der Waals surface area contributed by atoms with Crippen molar-refractivity contribution < 1.29 is 31.9 Å². The van der Waals surface area contributed by atoms with Crippen molar-refractivity contribution in [3.63, 3.8) is 0 Å². The monoisotopic (exact) mass is 165 g/mol. The van der Waals surface area contributed by atoms with Crippen molar-refractivity contribution in [1.29, 1.82) is 0 Å². The maximum atomic E-state index is 11.3. The van der Waals surface area contributed by atoms with Gasteiger partial charge in [-0.1, -0.05) is 0 Å². The summed E-state index contributed by atoms with van der Waals surface area (Å²) in [7, 11) is 0. The van der Waals surface area contributed by atoms with Crippen LogP contribution in [0.2, 0.25) is 0 Å². The van der Waals surface area contributed by atoms with Gasteiger partial charge in [-0.25, -0.2) is 4.79 Å². The van der Waals surface area contributed by atoms with Crippen molar-refractivity contribution in [3.8, 4) is 0 Å². The zero-order valence-electron chi connectivity index (χ0n) is 4.25. The Hall–Kier alpha value is -0.880. The summed E-state index contributed by atoms with van der Waals surface area (Å²) < 4.78 is 55.5. The van der Waals surface area contributed by atoms with Crippen LogP contribution in [-0.2, 0) is 4.79 Å². The highest BCUT2D eigenvalue weighted by molar-refractivity contribution is 5.76. The number of hydrogen-bond donors (Lipinski definition) is 1. The molecule has 0 rings (SSSR count). The van der Waals surface area contributed by atoms with E-state index in [-0.39, 0.29) is 0 Å². The molecule has 10 heavy (non-hydrogen) atoms. The maximum Gasteiger partial charge on any atom is 0.465 e. The second-order valence-electron chi connectivity index (χ2n) is 1.38. The lowest BCUT2D eigenvalue weighted by molar-refractivity contribution is -0.277. The highest BCUT2D eigenvalue weighted by Gasteiger charge is 2.64. The Balaban J connectivity index is 4.57. The highest BCUT2D eigenvalue weighted by atomic mass is 19.4. The molecule has 0 heterocycles. The van der Waals surface area contributed by atoms with Crippen LogP contribution in [-0.4, -0.2) is 23.2 Å². The summed E-state index contributed by atoms with van der Waals surface area (Å²) in [5, 5.41) is 7.31. The van der Waals surface area contributed by atoms with Gasteiger partial charge < -0.3 is 5.11 Å². The van der Waals surface area contributed by atoms with Crippen LogP contribution < -0.4 is 0 Å². The van der Waals surface area contributed by atoms with Crippen LogP contribution in [0.5, 0.6) is 0 Å². The normalized spacial score (nSPS) is 13.3. The largest absolute Gasteiger partial charge is 0.477 e. The summed E-state index contributed by atoms with van der Waals surface area (Å²) >= 11 is 0. The first-order chi connectivity index (χ1) is 4.19. The van der Waals surface area contributed by atoms with E-state index in [2.05, 4.69) is 0 Å². The van der Waals surface area contributed by atoms with Crippen LogP contribution in [0.3, 0.4) is 0 Å². The number of rotatable bonds is 1. The zero-order chi connectivity index (χ0) is 8.58. The molecule has 0 fully saturated rings. The molecule has 60 valence electrons. The predicted octanol–water partition coefficient (Wildman–Crippen LogP) is 1.27. The Bertz CT molecular complexity index is 147. The first kappa shape index (κ1) is 9.12. The van der Waals surface area contributed by atoms with Crippen molar-refractivity contribution in [3.05, 3.63) is 0 Å². The van der Waals surface area contributed by atoms with E-state index in [9.17, 15) is 26.7 Å². The third-order valence-electron chi connectivity index (χ3n) is 0.625. The van der Waals surface area contributed by atoms with Gasteiger partial charge in [-0.05, 0) is 0 Å². The van der Waals surface area contributed by atoms with Crippen LogP contribution >= 0.6 is 0 Å². The highest BCUT2D eigenvalue weighted by Crippen LogP contribution is 2.35. The molecule has 0 aromatic carbocycles. The molecular weight excluding hydrogens is 164 g/mol. The summed E-state index contributed by atoms with van der Waals surface area (Å²) in [6.45, 7) is 0. The van der Waals surface area contributed by atoms with E-state index < -0.39 is 18.1 Å². The second kappa shape index (κ2) is 2.06. The molecular formula is C3HF5O2. The van der Waals surface area contributed by atoms with Crippen molar-refractivity contribution in [2.24, 2.45) is 0 Å². The molecule has 0 aromatic heterocycles. The predicted molar refractivity (Wildman–Crippen MR) is 18.6 cm³/mol. The number of carboxylic acids is 1. The van der Waals surface area contributed by atoms with Crippen molar-refractivity contribution in [2.75, 3.05) is 0 Å². The molecule has 0 aromatic rings. The number of aliphatic carboxylic acids is 1. The zero-order valence-corrected chi connectivity index (χ0v) is 4.25. The molecule has 0 saturated carbocycles. The third kappa shape index (κ3) is 1.34. The SMILES string of the molecule is O=[13C](O)C(F)(F)C(F)(F)F. The smallest absolute Gasteiger partial charge is 0.465 e. The van der Waals surface area contributed by atoms with Crippen LogP contribution in [0, 0.1) is 0 Å². The van der Waals surface area contributed by atoms with Crippen LogP contribution in [0.15, 0.2) is 0 Å². The molecule has 0 atom stereocenters. The summed E-state index contributed by atoms with van der Waals surface area (Å²) in [5.74, 6) is -8.84. The quantitative estimate of drug-likeness (QED) is 0.469. The minimum Gasteiger partial charge on any atom is -0.477 e. The molecule has 0 aliphatic heterocycles. The maximum absolute atomic E-state index is 11.3. The average Bonchev–Trinajstić information content (AvgIpc) is 1.62. The van der Waals surface area contributed by atoms with Gasteiger partial charge in [0.25, 0.3) is 0 Å². The van der Waals surface area contributed by atoms with Gasteiger partial charge in [0.15, 0.2) is 0 Å². The molecule has 1 N–H and O–H groups in total. The van der Waals surface area contributed by atoms with E-state index in [4.69, 9.17) is 5.11 Å². The van der Waals surface area contributed by atoms with Gasteiger partial charge in [0.05, 0.1) is 0 Å². The third-order valence-corrected chi connectivity index (χ3v) is 0.625. The molecule has 0 unspecified atom stereocenters. The standard InChI is InChI=1S/C3HF5O2/c4-2(5,1(9)10)3(6,7)8/h(H,9,10)/i1+1. The van der Waals surface area contributed by atoms with Gasteiger partial charge in [0, 0.05) is 0 Å². The first-order valence-corrected chi connectivity index (χ1v) is 1.87. The fourth-order valence-corrected chi connectivity index (χ4v) is 0.121. The van der Waals surface area contributed by atoms with Gasteiger partial charge in [-0.3, -0.25) is 0 Å². The number of carboxylic acid groups (broad SMARTS) is 1. The summed E-state index contributed by atoms with van der Waals surface area (Å²) in [6.07, 6.45) is -6.02. The number of alkyl halides is 5. The fraction of sp³-hybridized carbons (Fsp3) is 0.667. The first-order valence-electron chi connectivity index (χ1n) is 1.87. The topological polar surface area (TPSA) is 37.3 Å². The molecule has 0 amide bonds. The van der Waals surface area contributed by atoms with Gasteiger partial charge in [-0.15, -0.1) is 0 Å². The molecule has 0 spiro atoms. The lowest BCUT2D eigenvalue weighted by Gasteiger charge is -2.13. The van der Waals surface area contributed by atoms with Gasteiger partial charge in [0.1, 0.15) is 0 Å². The molecule has 0 aliphatic rings. The van der Waals surface area contributed by atoms with E-state index in [1.807, 2.05) is 0 Å². The number of hydrogen-bond acceptors (Lipinski definition) is 1. The second-order valence-corrected chi connectivity index (χ2v) is 1.38. The summed E-state index contributed by atoms with van der Waals surface area (Å²) in [6, 6.07) is 0. The Kier molecular flexibility index (Phi) is 1.88. The average molecular weight is 165 g/mol. The van der Waals surface area contributed by atoms with Crippen molar-refractivity contribution >= 4 is 5.97 Å². The molecule has 0 bridgehead atoms. The summed E-state index contributed by atoms with van der Waals surface area (Å²) in [5.41, 5.74) is 0. The Labute approximate surface area is 51.3 Å². The molecule has 0 aliphatic carbocycles. The Morgan fingerprint density at radius 3 is 1.40 bits per heavy atom. The van der Waals surface area contributed by atoms with E-state index >= 15 is 0 Å². The lowest BCUT2D eigenvalue weighted by atomic mass is 10.5. The van der Waals surface area contributed by atoms with Crippen molar-refractivity contribution in [2.45, 2.75) is 12.1 Å². The number of carbonyl (C=O) groups is 1. The van der Waals surface area contributed by atoms with Crippen LogP contribution in [0.4, 0.5) is 22.0 Å². The van der Waals surface area contributed by atoms with Gasteiger partial charge >= 0.3 is 18.1 Å². The molecule has 2 nitrogen and oxygen atoms in total. The van der Waals surface area contributed by atoms with Crippen molar-refractivity contribution in [1.82, 2.24) is 0 Å². The van der Waals surface area contributed by atoms with E-state index in [0.717, 1.165) is 0 Å². The van der Waals surface area contributed by atoms with Gasteiger partial charge in [-0.2, -0.15) is 22.0 Å². The fourth-order valence-electron chi connectivity index (χ4n) is 0.121. The summed E-state index contributed by atoms with van der Waals surface area (Å²) in [4.78, 5) is 9.20. The Morgan fingerprint density at radius 1 is 1.10 bits per heavy atom. The van der Waals surface area contributed by atoms with Gasteiger partial charge in [0.2, 0.25) is 0 Å². The molecule has 7 heteroatoms. The minimum absolute atomic E-state index is 3.19. The van der Waals surface area contributed by atoms with E-state index in [1.165, 1.54) is 0 Å². The van der Waals surface area contributed by atoms with Crippen LogP contribution in [0.25, 0.3) is 0 Å². The minimum atomic E-state index is -6.02. The molecule has 0 saturated heterocycles. The molecule has 0 radical (unpaired) electrons. The lowest BCUT2D eigenvalue weighted by Crippen LogP contribution is -2.43. The number of halogens is 5. The Morgan fingerprint density at radius 2 is 1.40 bits per heavy atom. The van der Waals surface area contributed by atoms with E-state index in [0.29, 0.717) is 0 Å². The van der Waals surface area contributed by atoms with E-state index in [1.54, 1.807) is 0 Å².